The lowest BCUT2D eigenvalue weighted by atomic mass is 10.1. The number of carboxylic acid groups (broad SMARTS) is 1. The lowest BCUT2D eigenvalue weighted by molar-refractivity contribution is -0.141. The summed E-state index contributed by atoms with van der Waals surface area (Å²) in [6.45, 7) is 4.52. The average molecular weight is 287 g/mol. The second kappa shape index (κ2) is 6.03. The molecule has 6 heteroatoms. The van der Waals surface area contributed by atoms with E-state index in [0.717, 1.165) is 19.3 Å². The highest BCUT2D eigenvalue weighted by atomic mass is 32.2. The molecule has 0 spiro atoms. The molecule has 3 atom stereocenters. The topological polar surface area (TPSA) is 66.8 Å². The quantitative estimate of drug-likeness (QED) is 0.841. The van der Waals surface area contributed by atoms with Crippen LogP contribution >= 0.6 is 11.8 Å². The van der Waals surface area contributed by atoms with Gasteiger partial charge in [-0.05, 0) is 24.7 Å². The molecule has 1 heterocycles. The third-order valence-electron chi connectivity index (χ3n) is 3.80. The highest BCUT2D eigenvalue weighted by molar-refractivity contribution is 8.00. The SMILES string of the molecule is CCC(C)C1SCC(C(=O)O)N1C(=O)OCC1CC1. The fraction of sp³-hybridized carbons (Fsp3) is 0.846. The van der Waals surface area contributed by atoms with E-state index in [-0.39, 0.29) is 11.3 Å². The van der Waals surface area contributed by atoms with E-state index in [2.05, 4.69) is 0 Å². The molecule has 1 N–H and O–H groups in total. The maximum absolute atomic E-state index is 12.2. The molecule has 1 saturated carbocycles. The molecule has 0 aromatic heterocycles. The normalized spacial score (nSPS) is 28.2. The van der Waals surface area contributed by atoms with Crippen LogP contribution in [0.4, 0.5) is 4.79 Å². The van der Waals surface area contributed by atoms with Crippen molar-refractivity contribution >= 4 is 23.8 Å². The summed E-state index contributed by atoms with van der Waals surface area (Å²) in [5, 5.41) is 9.15. The predicted molar refractivity (Wildman–Crippen MR) is 73.0 cm³/mol. The molecule has 108 valence electrons. The standard InChI is InChI=1S/C13H21NO4S/c1-3-8(2)11-14(10(7-19-11)12(15)16)13(17)18-6-9-4-5-9/h8-11H,3-7H2,1-2H3,(H,15,16). The van der Waals surface area contributed by atoms with Crippen molar-refractivity contribution in [2.75, 3.05) is 12.4 Å². The van der Waals surface area contributed by atoms with Gasteiger partial charge in [-0.1, -0.05) is 20.3 Å². The van der Waals surface area contributed by atoms with Crippen molar-refractivity contribution < 1.29 is 19.4 Å². The minimum Gasteiger partial charge on any atom is -0.480 e. The maximum Gasteiger partial charge on any atom is 0.411 e. The van der Waals surface area contributed by atoms with Crippen molar-refractivity contribution in [3.8, 4) is 0 Å². The summed E-state index contributed by atoms with van der Waals surface area (Å²) >= 11 is 1.54. The first-order chi connectivity index (χ1) is 9.04. The second-order valence-corrected chi connectivity index (χ2v) is 6.54. The highest BCUT2D eigenvalue weighted by Crippen LogP contribution is 2.36. The van der Waals surface area contributed by atoms with Crippen molar-refractivity contribution in [1.29, 1.82) is 0 Å². The van der Waals surface area contributed by atoms with Gasteiger partial charge in [0.2, 0.25) is 0 Å². The van der Waals surface area contributed by atoms with Crippen molar-refractivity contribution in [3.05, 3.63) is 0 Å². The first-order valence-electron chi connectivity index (χ1n) is 6.84. The molecule has 5 nitrogen and oxygen atoms in total. The van der Waals surface area contributed by atoms with Crippen LogP contribution in [0.2, 0.25) is 0 Å². The van der Waals surface area contributed by atoms with Gasteiger partial charge >= 0.3 is 12.1 Å². The molecule has 1 aliphatic carbocycles. The maximum atomic E-state index is 12.2. The van der Waals surface area contributed by atoms with Crippen LogP contribution in [-0.2, 0) is 9.53 Å². The third-order valence-corrected chi connectivity index (χ3v) is 5.34. The molecule has 0 aromatic rings. The van der Waals surface area contributed by atoms with Gasteiger partial charge in [-0.2, -0.15) is 0 Å². The van der Waals surface area contributed by atoms with E-state index in [0.29, 0.717) is 18.3 Å². The molecule has 0 radical (unpaired) electrons. The number of carbonyl (C=O) groups excluding carboxylic acids is 1. The van der Waals surface area contributed by atoms with Gasteiger partial charge < -0.3 is 9.84 Å². The summed E-state index contributed by atoms with van der Waals surface area (Å²) in [5.41, 5.74) is 0. The largest absolute Gasteiger partial charge is 0.480 e. The van der Waals surface area contributed by atoms with E-state index in [9.17, 15) is 14.7 Å². The van der Waals surface area contributed by atoms with Gasteiger partial charge in [0, 0.05) is 5.75 Å². The van der Waals surface area contributed by atoms with Gasteiger partial charge in [-0.15, -0.1) is 11.8 Å². The molecular weight excluding hydrogens is 266 g/mol. The van der Waals surface area contributed by atoms with Crippen LogP contribution in [0.1, 0.15) is 33.1 Å². The molecular formula is C13H21NO4S. The van der Waals surface area contributed by atoms with Crippen molar-refractivity contribution in [3.63, 3.8) is 0 Å². The Balaban J connectivity index is 2.03. The number of nitrogens with zero attached hydrogens (tertiary/aromatic N) is 1. The Morgan fingerprint density at radius 2 is 2.16 bits per heavy atom. The number of ether oxygens (including phenoxy) is 1. The molecule has 1 aliphatic heterocycles. The van der Waals surface area contributed by atoms with Crippen LogP contribution in [0.25, 0.3) is 0 Å². The van der Waals surface area contributed by atoms with E-state index in [1.165, 1.54) is 4.90 Å². The average Bonchev–Trinajstić information content (AvgIpc) is 3.10. The first-order valence-corrected chi connectivity index (χ1v) is 7.89. The zero-order valence-electron chi connectivity index (χ0n) is 11.4. The zero-order chi connectivity index (χ0) is 14.0. The van der Waals surface area contributed by atoms with Crippen LogP contribution in [-0.4, -0.2) is 45.8 Å². The third kappa shape index (κ3) is 3.35. The number of thioether (sulfide) groups is 1. The number of carboxylic acids is 1. The summed E-state index contributed by atoms with van der Waals surface area (Å²) in [6.07, 6.45) is 2.67. The summed E-state index contributed by atoms with van der Waals surface area (Å²) < 4.78 is 5.27. The molecule has 2 rings (SSSR count). The van der Waals surface area contributed by atoms with Crippen LogP contribution in [0, 0.1) is 11.8 Å². The number of hydrogen-bond acceptors (Lipinski definition) is 4. The Kier molecular flexibility index (Phi) is 4.60. The lowest BCUT2D eigenvalue weighted by Crippen LogP contribution is -2.47. The first kappa shape index (κ1) is 14.5. The van der Waals surface area contributed by atoms with E-state index in [1.807, 2.05) is 13.8 Å². The van der Waals surface area contributed by atoms with Gasteiger partial charge in [0.25, 0.3) is 0 Å². The highest BCUT2D eigenvalue weighted by Gasteiger charge is 2.44. The van der Waals surface area contributed by atoms with Crippen LogP contribution in [0.3, 0.4) is 0 Å². The second-order valence-electron chi connectivity index (χ2n) is 5.39. The molecule has 2 aliphatic rings. The van der Waals surface area contributed by atoms with Gasteiger partial charge in [-0.3, -0.25) is 4.90 Å². The molecule has 2 fully saturated rings. The summed E-state index contributed by atoms with van der Waals surface area (Å²) in [6, 6.07) is -0.754. The number of carbonyl (C=O) groups is 2. The van der Waals surface area contributed by atoms with Crippen LogP contribution < -0.4 is 0 Å². The zero-order valence-corrected chi connectivity index (χ0v) is 12.2. The number of amides is 1. The van der Waals surface area contributed by atoms with Crippen LogP contribution in [0.15, 0.2) is 0 Å². The minimum absolute atomic E-state index is 0.0854. The Bertz CT molecular complexity index is 359. The van der Waals surface area contributed by atoms with Crippen LogP contribution in [0.5, 0.6) is 0 Å². The molecule has 0 bridgehead atoms. The van der Waals surface area contributed by atoms with E-state index in [4.69, 9.17) is 4.74 Å². The fourth-order valence-electron chi connectivity index (χ4n) is 2.14. The van der Waals surface area contributed by atoms with Gasteiger partial charge in [0.05, 0.1) is 12.0 Å². The number of aliphatic carboxylic acids is 1. The fourth-order valence-corrected chi connectivity index (χ4v) is 3.73. The molecule has 3 unspecified atom stereocenters. The van der Waals surface area contributed by atoms with Gasteiger partial charge in [0.15, 0.2) is 0 Å². The van der Waals surface area contributed by atoms with Crippen molar-refractivity contribution in [1.82, 2.24) is 4.90 Å². The predicted octanol–water partition coefficient (Wildman–Crippen LogP) is 2.41. The summed E-state index contributed by atoms with van der Waals surface area (Å²) in [7, 11) is 0. The Hall–Kier alpha value is -0.910. The molecule has 19 heavy (non-hydrogen) atoms. The summed E-state index contributed by atoms with van der Waals surface area (Å²) in [4.78, 5) is 24.8. The van der Waals surface area contributed by atoms with Gasteiger partial charge in [0.1, 0.15) is 6.04 Å². The van der Waals surface area contributed by atoms with Crippen molar-refractivity contribution in [2.45, 2.75) is 44.5 Å². The van der Waals surface area contributed by atoms with E-state index in [1.54, 1.807) is 11.8 Å². The smallest absolute Gasteiger partial charge is 0.411 e. The molecule has 1 saturated heterocycles. The Morgan fingerprint density at radius 1 is 1.47 bits per heavy atom. The Morgan fingerprint density at radius 3 is 2.68 bits per heavy atom. The van der Waals surface area contributed by atoms with E-state index >= 15 is 0 Å². The molecule has 1 amide bonds. The monoisotopic (exact) mass is 287 g/mol. The van der Waals surface area contributed by atoms with E-state index < -0.39 is 18.1 Å². The van der Waals surface area contributed by atoms with Gasteiger partial charge in [-0.25, -0.2) is 9.59 Å². The Labute approximate surface area is 117 Å². The molecule has 0 aromatic carbocycles. The van der Waals surface area contributed by atoms with Crippen molar-refractivity contribution in [2.24, 2.45) is 11.8 Å². The lowest BCUT2D eigenvalue weighted by Gasteiger charge is -2.29. The number of hydrogen-bond donors (Lipinski definition) is 1. The minimum atomic E-state index is -0.943. The number of rotatable bonds is 5. The summed E-state index contributed by atoms with van der Waals surface area (Å²) in [5.74, 6) is 0.261.